The van der Waals surface area contributed by atoms with Crippen LogP contribution in [0, 0.1) is 0 Å². The highest BCUT2D eigenvalue weighted by Gasteiger charge is 1.69. The van der Waals surface area contributed by atoms with Crippen LogP contribution in [-0.2, 0) is 0 Å². The maximum Gasteiger partial charge on any atom is 0.0430 e. The first-order valence-electron chi connectivity index (χ1n) is 3.17. The van der Waals surface area contributed by atoms with E-state index in [1.54, 1.807) is 0 Å². The minimum atomic E-state index is -1.86. The fourth-order valence-electron chi connectivity index (χ4n) is 0.0791. The monoisotopic (exact) mass is 77.1 g/mol. The second kappa shape index (κ2) is 3.96. The van der Waals surface area contributed by atoms with Crippen molar-refractivity contribution in [2.45, 2.75) is 19.7 Å². The van der Waals surface area contributed by atoms with E-state index in [2.05, 4.69) is 0 Å². The van der Waals surface area contributed by atoms with Crippen LogP contribution in [0.15, 0.2) is 0 Å². The van der Waals surface area contributed by atoms with Gasteiger partial charge in [-0.2, -0.15) is 0 Å². The fraction of sp³-hybridized carbons (Fsp3) is 1.00. The van der Waals surface area contributed by atoms with Gasteiger partial charge in [0.05, 0.1) is 0 Å². The van der Waals surface area contributed by atoms with Crippen molar-refractivity contribution >= 4 is 0 Å². The lowest BCUT2D eigenvalue weighted by Crippen LogP contribution is -1.75. The van der Waals surface area contributed by atoms with Crippen LogP contribution in [0.2, 0.25) is 0 Å². The molecular formula is C4H10O. The second-order valence-corrected chi connectivity index (χ2v) is 0.827. The van der Waals surface area contributed by atoms with Gasteiger partial charge in [0.15, 0.2) is 0 Å². The first kappa shape index (κ1) is 1.61. The third kappa shape index (κ3) is 3.96. The average Bonchev–Trinajstić information content (AvgIpc) is 1.59. The Hall–Kier alpha value is -0.0400. The van der Waals surface area contributed by atoms with E-state index in [0.717, 1.165) is 0 Å². The van der Waals surface area contributed by atoms with Crippen LogP contribution in [0.25, 0.3) is 0 Å². The highest BCUT2D eigenvalue weighted by Crippen LogP contribution is 1.78. The summed E-state index contributed by atoms with van der Waals surface area (Å²) in [7, 11) is 0. The van der Waals surface area contributed by atoms with Crippen LogP contribution >= 0.6 is 0 Å². The molecule has 0 rings (SSSR count). The minimum absolute atomic E-state index is 0.0294. The molecule has 0 unspecified atom stereocenters. The molecule has 0 amide bonds. The van der Waals surface area contributed by atoms with Gasteiger partial charge in [-0.15, -0.1) is 0 Å². The summed E-state index contributed by atoms with van der Waals surface area (Å²) in [6.07, 6.45) is 0.486. The summed E-state index contributed by atoms with van der Waals surface area (Å²) < 4.78 is 20.0. The quantitative estimate of drug-likeness (QED) is 0.516. The van der Waals surface area contributed by atoms with E-state index in [9.17, 15) is 0 Å². The number of hydrogen-bond donors (Lipinski definition) is 1. The maximum absolute atomic E-state index is 8.18. The first-order chi connectivity index (χ1) is 3.56. The van der Waals surface area contributed by atoms with Crippen molar-refractivity contribution < 1.29 is 9.22 Å². The maximum atomic E-state index is 8.18. The van der Waals surface area contributed by atoms with Crippen molar-refractivity contribution in [2.24, 2.45) is 0 Å². The summed E-state index contributed by atoms with van der Waals surface area (Å²) in [6, 6.07) is 0. The Labute approximate surface area is 36.8 Å². The number of hydrogen-bond acceptors (Lipinski definition) is 1. The molecule has 1 N–H and O–H groups in total. The molecule has 0 aliphatic carbocycles. The van der Waals surface area contributed by atoms with E-state index in [0.29, 0.717) is 6.42 Å². The molecule has 1 nitrogen and oxygen atoms in total. The van der Waals surface area contributed by atoms with Gasteiger partial charge in [0.25, 0.3) is 0 Å². The molecule has 0 spiro atoms. The van der Waals surface area contributed by atoms with Crippen molar-refractivity contribution in [3.8, 4) is 0 Å². The molecule has 0 radical (unpaired) electrons. The Bertz CT molecular complexity index is 58.8. The normalized spacial score (nSPS) is 19.8. The Morgan fingerprint density at radius 2 is 2.80 bits per heavy atom. The van der Waals surface area contributed by atoms with Crippen molar-refractivity contribution in [3.63, 3.8) is 0 Å². The topological polar surface area (TPSA) is 20.2 Å². The lowest BCUT2D eigenvalue weighted by Gasteiger charge is -1.79. The van der Waals surface area contributed by atoms with Gasteiger partial charge in [-0.05, 0) is 6.42 Å². The molecule has 1 heteroatoms. The van der Waals surface area contributed by atoms with Gasteiger partial charge < -0.3 is 5.11 Å². The van der Waals surface area contributed by atoms with E-state index < -0.39 is 6.85 Å². The molecule has 0 aliphatic rings. The Kier molecular flexibility index (Phi) is 1.27. The predicted octanol–water partition coefficient (Wildman–Crippen LogP) is 0.779. The van der Waals surface area contributed by atoms with Gasteiger partial charge in [-0.1, -0.05) is 13.3 Å². The van der Waals surface area contributed by atoms with E-state index in [1.807, 2.05) is 0 Å². The van der Waals surface area contributed by atoms with Crippen LogP contribution < -0.4 is 0 Å². The van der Waals surface area contributed by atoms with Gasteiger partial charge >= 0.3 is 0 Å². The summed E-state index contributed by atoms with van der Waals surface area (Å²) in [6.45, 7) is -1.89. The van der Waals surface area contributed by atoms with Crippen molar-refractivity contribution in [3.05, 3.63) is 0 Å². The van der Waals surface area contributed by atoms with Crippen molar-refractivity contribution in [1.82, 2.24) is 0 Å². The zero-order valence-corrected chi connectivity index (χ0v) is 3.07. The average molecular weight is 77.1 g/mol. The number of rotatable bonds is 2. The third-order valence-electron chi connectivity index (χ3n) is 0.335. The Morgan fingerprint density at radius 3 is 3.00 bits per heavy atom. The predicted molar refractivity (Wildman–Crippen MR) is 22.0 cm³/mol. The van der Waals surface area contributed by atoms with Gasteiger partial charge in [0, 0.05) is 10.7 Å². The molecule has 0 saturated heterocycles. The smallest absolute Gasteiger partial charge is 0.0430 e. The van der Waals surface area contributed by atoms with E-state index >= 15 is 0 Å². The van der Waals surface area contributed by atoms with E-state index in [4.69, 9.17) is 9.22 Å². The van der Waals surface area contributed by atoms with Crippen molar-refractivity contribution in [2.75, 3.05) is 6.61 Å². The van der Waals surface area contributed by atoms with Gasteiger partial charge in [0.2, 0.25) is 0 Å². The second-order valence-electron chi connectivity index (χ2n) is 0.827. The molecule has 0 fully saturated rings. The number of aliphatic hydroxyl groups excluding tert-OH is 1. The highest BCUT2D eigenvalue weighted by molar-refractivity contribution is 4.23. The summed E-state index contributed by atoms with van der Waals surface area (Å²) in [4.78, 5) is 0. The Morgan fingerprint density at radius 1 is 2.00 bits per heavy atom. The largest absolute Gasteiger partial charge is 0.396 e. The van der Waals surface area contributed by atoms with Gasteiger partial charge in [0.1, 0.15) is 0 Å². The highest BCUT2D eigenvalue weighted by atomic mass is 16.2. The molecule has 0 saturated carbocycles. The molecule has 5 heavy (non-hydrogen) atoms. The molecule has 0 atom stereocenters. The fourth-order valence-corrected chi connectivity index (χ4v) is 0.0791. The van der Waals surface area contributed by atoms with Gasteiger partial charge in [-0.3, -0.25) is 0 Å². The SMILES string of the molecule is [2H]C([2H])([2H])CCCO. The summed E-state index contributed by atoms with van der Waals surface area (Å²) >= 11 is 0. The van der Waals surface area contributed by atoms with E-state index in [1.165, 1.54) is 0 Å². The zero-order chi connectivity index (χ0) is 6.62. The summed E-state index contributed by atoms with van der Waals surface area (Å²) in [5, 5.41) is 8.18. The molecule has 0 aliphatic heterocycles. The van der Waals surface area contributed by atoms with Crippen LogP contribution in [0.3, 0.4) is 0 Å². The molecule has 0 bridgehead atoms. The molecule has 0 aromatic heterocycles. The first-order valence-corrected chi connectivity index (χ1v) is 1.67. The summed E-state index contributed by atoms with van der Waals surface area (Å²) in [5.74, 6) is 0. The molecule has 32 valence electrons. The lowest BCUT2D eigenvalue weighted by molar-refractivity contribution is 0.287. The van der Waals surface area contributed by atoms with Crippen molar-refractivity contribution in [1.29, 1.82) is 0 Å². The van der Waals surface area contributed by atoms with Crippen LogP contribution in [0.5, 0.6) is 0 Å². The molecule has 0 aromatic rings. The minimum Gasteiger partial charge on any atom is -0.396 e. The van der Waals surface area contributed by atoms with Crippen LogP contribution in [-0.4, -0.2) is 11.7 Å². The van der Waals surface area contributed by atoms with Gasteiger partial charge in [-0.25, -0.2) is 0 Å². The van der Waals surface area contributed by atoms with E-state index in [-0.39, 0.29) is 13.0 Å². The molecule has 0 aromatic carbocycles. The number of aliphatic hydroxyl groups is 1. The summed E-state index contributed by atoms with van der Waals surface area (Å²) in [5.41, 5.74) is 0. The van der Waals surface area contributed by atoms with Crippen LogP contribution in [0.4, 0.5) is 0 Å². The molecular weight excluding hydrogens is 64.0 g/mol. The third-order valence-corrected chi connectivity index (χ3v) is 0.335. The molecule has 0 heterocycles. The standard InChI is InChI=1S/C4H10O/c1-2-3-4-5/h5H,2-4H2,1H3/i1D3. The lowest BCUT2D eigenvalue weighted by atomic mass is 10.4. The zero-order valence-electron chi connectivity index (χ0n) is 6.07. The Balaban J connectivity index is 3.11. The van der Waals surface area contributed by atoms with Crippen LogP contribution in [0.1, 0.15) is 23.8 Å².